The van der Waals surface area contributed by atoms with Crippen LogP contribution in [0, 0.1) is 6.92 Å². The first-order chi connectivity index (χ1) is 8.11. The first kappa shape index (κ1) is 11.8. The van der Waals surface area contributed by atoms with Gasteiger partial charge in [-0.25, -0.2) is 5.48 Å². The molecule has 17 heavy (non-hydrogen) atoms. The van der Waals surface area contributed by atoms with Crippen molar-refractivity contribution in [3.8, 4) is 0 Å². The van der Waals surface area contributed by atoms with Crippen molar-refractivity contribution in [3.05, 3.63) is 40.5 Å². The number of nitrogens with zero attached hydrogens (tertiary/aromatic N) is 1. The molecule has 0 aliphatic heterocycles. The van der Waals surface area contributed by atoms with Crippen molar-refractivity contribution in [1.29, 1.82) is 0 Å². The number of fused-ring (bicyclic) bond motifs is 1. The zero-order chi connectivity index (χ0) is 12.4. The Morgan fingerprint density at radius 3 is 2.88 bits per heavy atom. The number of hydrogen-bond donors (Lipinski definition) is 1. The van der Waals surface area contributed by atoms with Gasteiger partial charge >= 0.3 is 0 Å². The van der Waals surface area contributed by atoms with Gasteiger partial charge in [-0.1, -0.05) is 17.7 Å². The van der Waals surface area contributed by atoms with Gasteiger partial charge in [-0.2, -0.15) is 0 Å². The molecular formula is C12H11ClN2O2. The highest BCUT2D eigenvalue weighted by molar-refractivity contribution is 6.31. The van der Waals surface area contributed by atoms with Gasteiger partial charge in [0, 0.05) is 10.4 Å². The molecule has 0 unspecified atom stereocenters. The number of benzene rings is 1. The van der Waals surface area contributed by atoms with E-state index in [2.05, 4.69) is 15.3 Å². The summed E-state index contributed by atoms with van der Waals surface area (Å²) in [5.74, 6) is -0.311. The monoisotopic (exact) mass is 250 g/mol. The third-order valence-electron chi connectivity index (χ3n) is 2.41. The Bertz CT molecular complexity index is 584. The fourth-order valence-corrected chi connectivity index (χ4v) is 1.78. The molecule has 0 fully saturated rings. The molecule has 0 radical (unpaired) electrons. The van der Waals surface area contributed by atoms with E-state index < -0.39 is 0 Å². The number of carbonyl (C=O) groups is 1. The highest BCUT2D eigenvalue weighted by atomic mass is 35.5. The van der Waals surface area contributed by atoms with E-state index in [4.69, 9.17) is 11.6 Å². The van der Waals surface area contributed by atoms with Crippen LogP contribution in [0.2, 0.25) is 5.02 Å². The summed E-state index contributed by atoms with van der Waals surface area (Å²) in [6, 6.07) is 7.12. The third-order valence-corrected chi connectivity index (χ3v) is 2.64. The number of hydroxylamine groups is 1. The van der Waals surface area contributed by atoms with Crippen LogP contribution in [0.4, 0.5) is 0 Å². The van der Waals surface area contributed by atoms with E-state index in [1.165, 1.54) is 7.11 Å². The molecule has 0 spiro atoms. The lowest BCUT2D eigenvalue weighted by atomic mass is 10.1. The quantitative estimate of drug-likeness (QED) is 0.833. The molecule has 0 saturated carbocycles. The Morgan fingerprint density at radius 1 is 1.41 bits per heavy atom. The molecule has 1 heterocycles. The van der Waals surface area contributed by atoms with Crippen LogP contribution in [0.1, 0.15) is 16.1 Å². The van der Waals surface area contributed by atoms with E-state index in [0.717, 1.165) is 10.9 Å². The molecule has 1 aromatic carbocycles. The maximum atomic E-state index is 11.7. The molecule has 2 rings (SSSR count). The lowest BCUT2D eigenvalue weighted by Gasteiger charge is -2.07. The van der Waals surface area contributed by atoms with Crippen LogP contribution in [0.5, 0.6) is 0 Å². The van der Waals surface area contributed by atoms with Crippen molar-refractivity contribution in [2.75, 3.05) is 7.11 Å². The van der Waals surface area contributed by atoms with Gasteiger partial charge in [0.15, 0.2) is 0 Å². The second kappa shape index (κ2) is 4.69. The van der Waals surface area contributed by atoms with E-state index in [-0.39, 0.29) is 5.91 Å². The summed E-state index contributed by atoms with van der Waals surface area (Å²) in [6.07, 6.45) is 0. The Labute approximate surface area is 104 Å². The summed E-state index contributed by atoms with van der Waals surface area (Å²) in [4.78, 5) is 20.6. The molecule has 4 nitrogen and oxygen atoms in total. The smallest absolute Gasteiger partial charge is 0.276 e. The second-order valence-electron chi connectivity index (χ2n) is 3.59. The third kappa shape index (κ3) is 2.38. The number of hydrogen-bond acceptors (Lipinski definition) is 3. The highest BCUT2D eigenvalue weighted by Crippen LogP contribution is 2.20. The molecule has 0 bridgehead atoms. The summed E-state index contributed by atoms with van der Waals surface area (Å²) in [5.41, 5.74) is 4.16. The van der Waals surface area contributed by atoms with Crippen molar-refractivity contribution >= 4 is 28.4 Å². The van der Waals surface area contributed by atoms with Crippen molar-refractivity contribution in [2.45, 2.75) is 6.92 Å². The maximum Gasteiger partial charge on any atom is 0.276 e. The van der Waals surface area contributed by atoms with Crippen LogP contribution in [0.25, 0.3) is 10.9 Å². The van der Waals surface area contributed by atoms with Gasteiger partial charge in [0.1, 0.15) is 0 Å². The molecule has 1 amide bonds. The Hall–Kier alpha value is -1.65. The van der Waals surface area contributed by atoms with Gasteiger partial charge in [-0.05, 0) is 25.1 Å². The van der Waals surface area contributed by atoms with Gasteiger partial charge in [0.25, 0.3) is 5.91 Å². The van der Waals surface area contributed by atoms with Crippen molar-refractivity contribution < 1.29 is 9.63 Å². The number of rotatable bonds is 2. The fraction of sp³-hybridized carbons (Fsp3) is 0.167. The van der Waals surface area contributed by atoms with E-state index in [1.54, 1.807) is 25.1 Å². The molecule has 0 atom stereocenters. The number of aryl methyl sites for hydroxylation is 1. The van der Waals surface area contributed by atoms with Crippen molar-refractivity contribution in [1.82, 2.24) is 10.5 Å². The van der Waals surface area contributed by atoms with E-state index >= 15 is 0 Å². The molecule has 0 aliphatic carbocycles. The summed E-state index contributed by atoms with van der Waals surface area (Å²) in [7, 11) is 1.39. The molecule has 1 aromatic heterocycles. The van der Waals surface area contributed by atoms with Gasteiger partial charge in [-0.3, -0.25) is 14.6 Å². The van der Waals surface area contributed by atoms with Crippen LogP contribution in [-0.4, -0.2) is 18.0 Å². The minimum Gasteiger partial charge on any atom is -0.277 e. The van der Waals surface area contributed by atoms with E-state index in [0.29, 0.717) is 16.3 Å². The Morgan fingerprint density at radius 2 is 2.18 bits per heavy atom. The summed E-state index contributed by atoms with van der Waals surface area (Å²) in [6.45, 7) is 1.77. The molecule has 5 heteroatoms. The number of halogens is 1. The van der Waals surface area contributed by atoms with Gasteiger partial charge < -0.3 is 0 Å². The maximum absolute atomic E-state index is 11.7. The molecule has 0 saturated heterocycles. The molecular weight excluding hydrogens is 240 g/mol. The van der Waals surface area contributed by atoms with Gasteiger partial charge in [0.2, 0.25) is 0 Å². The Balaban J connectivity index is 2.55. The van der Waals surface area contributed by atoms with Gasteiger partial charge in [-0.15, -0.1) is 0 Å². The highest BCUT2D eigenvalue weighted by Gasteiger charge is 2.11. The summed E-state index contributed by atoms with van der Waals surface area (Å²) >= 11 is 5.88. The standard InChI is InChI=1S/C12H11ClN2O2/c1-7-10(12(16)15-17-2)5-8-3-4-9(13)6-11(8)14-7/h3-6H,1-2H3,(H,15,16). The summed E-state index contributed by atoms with van der Waals surface area (Å²) < 4.78 is 0. The van der Waals surface area contributed by atoms with Crippen molar-refractivity contribution in [3.63, 3.8) is 0 Å². The number of pyridine rings is 1. The molecule has 0 aliphatic rings. The topological polar surface area (TPSA) is 51.2 Å². The zero-order valence-electron chi connectivity index (χ0n) is 9.45. The first-order valence-electron chi connectivity index (χ1n) is 5.02. The predicted molar refractivity (Wildman–Crippen MR) is 66.0 cm³/mol. The first-order valence-corrected chi connectivity index (χ1v) is 5.40. The van der Waals surface area contributed by atoms with Crippen LogP contribution in [-0.2, 0) is 4.84 Å². The van der Waals surface area contributed by atoms with E-state index in [1.807, 2.05) is 6.07 Å². The lowest BCUT2D eigenvalue weighted by Crippen LogP contribution is -2.23. The largest absolute Gasteiger partial charge is 0.277 e. The predicted octanol–water partition coefficient (Wildman–Crippen LogP) is 2.49. The zero-order valence-corrected chi connectivity index (χ0v) is 10.2. The molecule has 2 aromatic rings. The minimum atomic E-state index is -0.311. The lowest BCUT2D eigenvalue weighted by molar-refractivity contribution is 0.0536. The molecule has 88 valence electrons. The second-order valence-corrected chi connectivity index (χ2v) is 4.03. The van der Waals surface area contributed by atoms with Crippen molar-refractivity contribution in [2.24, 2.45) is 0 Å². The van der Waals surface area contributed by atoms with Crippen LogP contribution in [0.15, 0.2) is 24.3 Å². The van der Waals surface area contributed by atoms with Gasteiger partial charge in [0.05, 0.1) is 23.9 Å². The number of carbonyl (C=O) groups excluding carboxylic acids is 1. The number of amides is 1. The summed E-state index contributed by atoms with van der Waals surface area (Å²) in [5, 5.41) is 1.49. The van der Waals surface area contributed by atoms with E-state index in [9.17, 15) is 4.79 Å². The fourth-order valence-electron chi connectivity index (χ4n) is 1.61. The number of aromatic nitrogens is 1. The normalized spacial score (nSPS) is 10.5. The number of nitrogens with one attached hydrogen (secondary N) is 1. The molecule has 1 N–H and O–H groups in total. The average molecular weight is 251 g/mol. The minimum absolute atomic E-state index is 0.311. The van der Waals surface area contributed by atoms with Crippen LogP contribution >= 0.6 is 11.6 Å². The SMILES string of the molecule is CONC(=O)c1cc2ccc(Cl)cc2nc1C. The average Bonchev–Trinajstić information content (AvgIpc) is 2.28. The Kier molecular flexibility index (Phi) is 3.26. The van der Waals surface area contributed by atoms with Crippen LogP contribution in [0.3, 0.4) is 0 Å². The van der Waals surface area contributed by atoms with Crippen LogP contribution < -0.4 is 5.48 Å².